The van der Waals surface area contributed by atoms with E-state index < -0.39 is 0 Å². The lowest BCUT2D eigenvalue weighted by atomic mass is 9.96. The van der Waals surface area contributed by atoms with Gasteiger partial charge in [-0.15, -0.1) is 0 Å². The SMILES string of the molecule is O=C(NCc1ccc(OCc2ccccc2)cc1)C1CCN(C(=O)COc2ccccc2)CC1. The Morgan fingerprint density at radius 3 is 2.06 bits per heavy atom. The predicted molar refractivity (Wildman–Crippen MR) is 130 cm³/mol. The third-order valence-corrected chi connectivity index (χ3v) is 5.96. The van der Waals surface area contributed by atoms with Gasteiger partial charge in [0.1, 0.15) is 18.1 Å². The Labute approximate surface area is 200 Å². The normalized spacial score (nSPS) is 13.8. The molecule has 0 bridgehead atoms. The molecule has 0 atom stereocenters. The molecule has 1 aliphatic rings. The van der Waals surface area contributed by atoms with Gasteiger partial charge in [-0.2, -0.15) is 0 Å². The highest BCUT2D eigenvalue weighted by Gasteiger charge is 2.27. The van der Waals surface area contributed by atoms with Crippen LogP contribution in [0.25, 0.3) is 0 Å². The van der Waals surface area contributed by atoms with Crippen molar-refractivity contribution in [2.75, 3.05) is 19.7 Å². The predicted octanol–water partition coefficient (Wildman–Crippen LogP) is 4.20. The maximum absolute atomic E-state index is 12.6. The maximum Gasteiger partial charge on any atom is 0.260 e. The minimum absolute atomic E-state index is 0.0198. The summed E-state index contributed by atoms with van der Waals surface area (Å²) in [7, 11) is 0. The van der Waals surface area contributed by atoms with E-state index >= 15 is 0 Å². The summed E-state index contributed by atoms with van der Waals surface area (Å²) in [4.78, 5) is 26.8. The van der Waals surface area contributed by atoms with Gasteiger partial charge in [0.25, 0.3) is 5.91 Å². The van der Waals surface area contributed by atoms with Crippen LogP contribution in [0.5, 0.6) is 11.5 Å². The van der Waals surface area contributed by atoms with Crippen molar-refractivity contribution in [1.29, 1.82) is 0 Å². The number of nitrogens with one attached hydrogen (secondary N) is 1. The number of nitrogens with zero attached hydrogens (tertiary/aromatic N) is 1. The van der Waals surface area contributed by atoms with Crippen LogP contribution in [0.4, 0.5) is 0 Å². The van der Waals surface area contributed by atoms with E-state index in [4.69, 9.17) is 9.47 Å². The standard InChI is InChI=1S/C28H30N2O4/c31-27(21-34-25-9-5-2-6-10-25)30-17-15-24(16-18-30)28(32)29-19-22-11-13-26(14-12-22)33-20-23-7-3-1-4-8-23/h1-14,24H,15-21H2,(H,29,32). The smallest absolute Gasteiger partial charge is 0.260 e. The fourth-order valence-electron chi connectivity index (χ4n) is 3.92. The summed E-state index contributed by atoms with van der Waals surface area (Å²) in [5.74, 6) is 1.40. The third-order valence-electron chi connectivity index (χ3n) is 5.96. The molecule has 1 aliphatic heterocycles. The molecule has 1 fully saturated rings. The summed E-state index contributed by atoms with van der Waals surface area (Å²) in [6.07, 6.45) is 1.32. The zero-order valence-electron chi connectivity index (χ0n) is 19.2. The molecule has 176 valence electrons. The molecular formula is C28H30N2O4. The van der Waals surface area contributed by atoms with Gasteiger partial charge in [-0.25, -0.2) is 0 Å². The van der Waals surface area contributed by atoms with Crippen molar-refractivity contribution in [1.82, 2.24) is 10.2 Å². The zero-order chi connectivity index (χ0) is 23.6. The van der Waals surface area contributed by atoms with Gasteiger partial charge in [-0.3, -0.25) is 9.59 Å². The van der Waals surface area contributed by atoms with Crippen LogP contribution < -0.4 is 14.8 Å². The van der Waals surface area contributed by atoms with Gasteiger partial charge < -0.3 is 19.7 Å². The Kier molecular flexibility index (Phi) is 8.17. The van der Waals surface area contributed by atoms with Crippen LogP contribution in [0.3, 0.4) is 0 Å². The molecular weight excluding hydrogens is 428 g/mol. The largest absolute Gasteiger partial charge is 0.489 e. The van der Waals surface area contributed by atoms with E-state index in [1.54, 1.807) is 4.90 Å². The molecule has 0 saturated carbocycles. The van der Waals surface area contributed by atoms with E-state index in [0.29, 0.717) is 44.8 Å². The maximum atomic E-state index is 12.6. The first-order chi connectivity index (χ1) is 16.7. The number of hydrogen-bond donors (Lipinski definition) is 1. The highest BCUT2D eigenvalue weighted by Crippen LogP contribution is 2.19. The van der Waals surface area contributed by atoms with Gasteiger partial charge in [-0.1, -0.05) is 60.7 Å². The first kappa shape index (κ1) is 23.4. The lowest BCUT2D eigenvalue weighted by molar-refractivity contribution is -0.137. The van der Waals surface area contributed by atoms with Crippen molar-refractivity contribution in [2.45, 2.75) is 26.0 Å². The summed E-state index contributed by atoms with van der Waals surface area (Å²) >= 11 is 0. The van der Waals surface area contributed by atoms with Crippen molar-refractivity contribution in [2.24, 2.45) is 5.92 Å². The first-order valence-corrected chi connectivity index (χ1v) is 11.7. The topological polar surface area (TPSA) is 67.9 Å². The Morgan fingerprint density at radius 1 is 0.765 bits per heavy atom. The number of piperidine rings is 1. The van der Waals surface area contributed by atoms with Gasteiger partial charge in [-0.05, 0) is 48.2 Å². The molecule has 0 spiro atoms. The van der Waals surface area contributed by atoms with Gasteiger partial charge in [0.15, 0.2) is 6.61 Å². The monoisotopic (exact) mass is 458 g/mol. The van der Waals surface area contributed by atoms with Gasteiger partial charge in [0.2, 0.25) is 5.91 Å². The number of likely N-dealkylation sites (tertiary alicyclic amines) is 1. The van der Waals surface area contributed by atoms with Crippen molar-refractivity contribution in [3.8, 4) is 11.5 Å². The third kappa shape index (κ3) is 6.85. The Hall–Kier alpha value is -3.80. The van der Waals surface area contributed by atoms with Crippen LogP contribution in [-0.4, -0.2) is 36.4 Å². The summed E-state index contributed by atoms with van der Waals surface area (Å²) < 4.78 is 11.4. The Balaban J connectivity index is 1.15. The van der Waals surface area contributed by atoms with Crippen LogP contribution in [0.15, 0.2) is 84.9 Å². The number of para-hydroxylation sites is 1. The van der Waals surface area contributed by atoms with E-state index in [0.717, 1.165) is 16.9 Å². The number of benzene rings is 3. The molecule has 6 heteroatoms. The summed E-state index contributed by atoms with van der Waals surface area (Å²) in [6, 6.07) is 27.1. The molecule has 34 heavy (non-hydrogen) atoms. The van der Waals surface area contributed by atoms with Crippen molar-refractivity contribution >= 4 is 11.8 Å². The van der Waals surface area contributed by atoms with Crippen LogP contribution in [0.2, 0.25) is 0 Å². The summed E-state index contributed by atoms with van der Waals surface area (Å²) in [5, 5.41) is 3.03. The number of rotatable bonds is 9. The second kappa shape index (κ2) is 11.9. The number of carbonyl (C=O) groups is 2. The lowest BCUT2D eigenvalue weighted by Gasteiger charge is -2.31. The molecule has 0 radical (unpaired) electrons. The van der Waals surface area contributed by atoms with E-state index in [1.165, 1.54) is 0 Å². The van der Waals surface area contributed by atoms with E-state index in [2.05, 4.69) is 5.32 Å². The molecule has 3 aromatic carbocycles. The number of ether oxygens (including phenoxy) is 2. The highest BCUT2D eigenvalue weighted by molar-refractivity contribution is 5.80. The first-order valence-electron chi connectivity index (χ1n) is 11.7. The number of carbonyl (C=O) groups excluding carboxylic acids is 2. The van der Waals surface area contributed by atoms with E-state index in [1.807, 2.05) is 84.9 Å². The minimum atomic E-state index is -0.0763. The minimum Gasteiger partial charge on any atom is -0.489 e. The van der Waals surface area contributed by atoms with Crippen molar-refractivity contribution in [3.05, 3.63) is 96.1 Å². The molecule has 3 aromatic rings. The van der Waals surface area contributed by atoms with Crippen molar-refractivity contribution in [3.63, 3.8) is 0 Å². The molecule has 1 saturated heterocycles. The zero-order valence-corrected chi connectivity index (χ0v) is 19.2. The van der Waals surface area contributed by atoms with Crippen LogP contribution in [-0.2, 0) is 22.7 Å². The summed E-state index contributed by atoms with van der Waals surface area (Å²) in [6.45, 7) is 2.16. The quantitative estimate of drug-likeness (QED) is 0.522. The van der Waals surface area contributed by atoms with Gasteiger partial charge in [0, 0.05) is 25.6 Å². The molecule has 6 nitrogen and oxygen atoms in total. The molecule has 1 heterocycles. The summed E-state index contributed by atoms with van der Waals surface area (Å²) in [5.41, 5.74) is 2.14. The number of hydrogen-bond acceptors (Lipinski definition) is 4. The average Bonchev–Trinajstić information content (AvgIpc) is 2.91. The second-order valence-corrected chi connectivity index (χ2v) is 8.39. The fourth-order valence-corrected chi connectivity index (χ4v) is 3.92. The Bertz CT molecular complexity index is 1050. The molecule has 0 unspecified atom stereocenters. The second-order valence-electron chi connectivity index (χ2n) is 8.39. The molecule has 1 N–H and O–H groups in total. The fraction of sp³-hybridized carbons (Fsp3) is 0.286. The van der Waals surface area contributed by atoms with Crippen LogP contribution >= 0.6 is 0 Å². The van der Waals surface area contributed by atoms with Gasteiger partial charge >= 0.3 is 0 Å². The van der Waals surface area contributed by atoms with Crippen LogP contribution in [0.1, 0.15) is 24.0 Å². The highest BCUT2D eigenvalue weighted by atomic mass is 16.5. The molecule has 0 aromatic heterocycles. The lowest BCUT2D eigenvalue weighted by Crippen LogP contribution is -2.44. The van der Waals surface area contributed by atoms with Crippen LogP contribution in [0, 0.1) is 5.92 Å². The van der Waals surface area contributed by atoms with Gasteiger partial charge in [0.05, 0.1) is 0 Å². The average molecular weight is 459 g/mol. The Morgan fingerprint density at radius 2 is 1.38 bits per heavy atom. The number of amides is 2. The molecule has 2 amide bonds. The molecule has 0 aliphatic carbocycles. The van der Waals surface area contributed by atoms with E-state index in [9.17, 15) is 9.59 Å². The molecule has 4 rings (SSSR count). The van der Waals surface area contributed by atoms with Crippen molar-refractivity contribution < 1.29 is 19.1 Å². The van der Waals surface area contributed by atoms with E-state index in [-0.39, 0.29) is 24.3 Å².